The predicted molar refractivity (Wildman–Crippen MR) is 111 cm³/mol. The Hall–Kier alpha value is -1.58. The lowest BCUT2D eigenvalue weighted by molar-refractivity contribution is 0.146. The number of nitrogens with one attached hydrogen (secondary N) is 2. The van der Waals surface area contributed by atoms with Crippen LogP contribution in [-0.4, -0.2) is 50.2 Å². The molecule has 2 N–H and O–H groups in total. The van der Waals surface area contributed by atoms with Crippen LogP contribution in [-0.2, 0) is 11.3 Å². The van der Waals surface area contributed by atoms with Crippen LogP contribution < -0.4 is 10.6 Å². The van der Waals surface area contributed by atoms with E-state index in [9.17, 15) is 9.18 Å². The first-order chi connectivity index (χ1) is 12.0. The van der Waals surface area contributed by atoms with Crippen molar-refractivity contribution in [3.8, 4) is 0 Å². The molecule has 1 saturated carbocycles. The standard InChI is InChI=1S/C18H27FN4O2.HI/c1-4-25-18(24)22-16(14-8-9-14)11-21-17(20-2)23(3)12-13-6-5-7-15(19)10-13;/h5-7,10,14,16H,4,8-9,11-12H2,1-3H3,(H,20,21)(H,22,24);1H. The zero-order chi connectivity index (χ0) is 18.2. The number of hydrogen-bond donors (Lipinski definition) is 2. The minimum atomic E-state index is -0.385. The molecule has 1 fully saturated rings. The van der Waals surface area contributed by atoms with E-state index in [0.29, 0.717) is 31.6 Å². The molecule has 0 heterocycles. The van der Waals surface area contributed by atoms with Crippen LogP contribution in [0.15, 0.2) is 29.3 Å². The molecule has 1 aliphatic carbocycles. The lowest BCUT2D eigenvalue weighted by atomic mass is 10.2. The van der Waals surface area contributed by atoms with E-state index < -0.39 is 0 Å². The van der Waals surface area contributed by atoms with Crippen molar-refractivity contribution in [2.75, 3.05) is 27.2 Å². The van der Waals surface area contributed by atoms with E-state index in [0.717, 1.165) is 18.4 Å². The van der Waals surface area contributed by atoms with Crippen molar-refractivity contribution in [2.24, 2.45) is 10.9 Å². The Morgan fingerprint density at radius 1 is 1.46 bits per heavy atom. The topological polar surface area (TPSA) is 66.0 Å². The third-order valence-electron chi connectivity index (χ3n) is 4.13. The van der Waals surface area contributed by atoms with Crippen molar-refractivity contribution < 1.29 is 13.9 Å². The highest BCUT2D eigenvalue weighted by Gasteiger charge is 2.32. The number of aliphatic imine (C=N–C) groups is 1. The molecule has 6 nitrogen and oxygen atoms in total. The SMILES string of the molecule is CCOC(=O)NC(CNC(=NC)N(C)Cc1cccc(F)c1)C1CC1.I. The average molecular weight is 478 g/mol. The second kappa shape index (κ2) is 11.2. The fourth-order valence-corrected chi connectivity index (χ4v) is 2.73. The molecule has 1 unspecified atom stereocenters. The molecule has 0 bridgehead atoms. The van der Waals surface area contributed by atoms with Gasteiger partial charge in [0.15, 0.2) is 5.96 Å². The predicted octanol–water partition coefficient (Wildman–Crippen LogP) is 2.98. The van der Waals surface area contributed by atoms with E-state index in [2.05, 4.69) is 15.6 Å². The van der Waals surface area contributed by atoms with Gasteiger partial charge in [-0.3, -0.25) is 4.99 Å². The van der Waals surface area contributed by atoms with Crippen LogP contribution in [0.4, 0.5) is 9.18 Å². The summed E-state index contributed by atoms with van der Waals surface area (Å²) in [7, 11) is 3.60. The number of halogens is 2. The molecule has 146 valence electrons. The highest BCUT2D eigenvalue weighted by Crippen LogP contribution is 2.32. The fourth-order valence-electron chi connectivity index (χ4n) is 2.73. The summed E-state index contributed by atoms with van der Waals surface area (Å²) in [6.07, 6.45) is 1.83. The van der Waals surface area contributed by atoms with Crippen molar-refractivity contribution in [1.29, 1.82) is 0 Å². The normalized spacial score (nSPS) is 14.8. The Morgan fingerprint density at radius 2 is 2.19 bits per heavy atom. The summed E-state index contributed by atoms with van der Waals surface area (Å²) in [6.45, 7) is 3.25. The highest BCUT2D eigenvalue weighted by atomic mass is 127. The third kappa shape index (κ3) is 7.35. The molecule has 1 aromatic rings. The molecule has 1 aliphatic rings. The molecular weight excluding hydrogens is 450 g/mol. The van der Waals surface area contributed by atoms with Gasteiger partial charge in [0.1, 0.15) is 5.82 Å². The molecule has 8 heteroatoms. The van der Waals surface area contributed by atoms with E-state index in [1.807, 2.05) is 18.0 Å². The van der Waals surface area contributed by atoms with Gasteiger partial charge < -0.3 is 20.3 Å². The van der Waals surface area contributed by atoms with Crippen molar-refractivity contribution in [1.82, 2.24) is 15.5 Å². The molecular formula is C18H28FIN4O2. The van der Waals surface area contributed by atoms with Gasteiger partial charge in [-0.05, 0) is 43.4 Å². The molecule has 0 radical (unpaired) electrons. The van der Waals surface area contributed by atoms with Crippen molar-refractivity contribution in [3.63, 3.8) is 0 Å². The molecule has 0 aromatic heterocycles. The molecule has 0 saturated heterocycles. The molecule has 1 atom stereocenters. The van der Waals surface area contributed by atoms with Crippen molar-refractivity contribution in [3.05, 3.63) is 35.6 Å². The van der Waals surface area contributed by atoms with Gasteiger partial charge in [-0.1, -0.05) is 12.1 Å². The van der Waals surface area contributed by atoms with Gasteiger partial charge in [-0.2, -0.15) is 0 Å². The van der Waals surface area contributed by atoms with Crippen LogP contribution in [0.2, 0.25) is 0 Å². The largest absolute Gasteiger partial charge is 0.450 e. The average Bonchev–Trinajstić information content (AvgIpc) is 3.39. The third-order valence-corrected chi connectivity index (χ3v) is 4.13. The number of hydrogen-bond acceptors (Lipinski definition) is 3. The number of carbonyl (C=O) groups excluding carboxylic acids is 1. The van der Waals surface area contributed by atoms with Crippen LogP contribution in [0.3, 0.4) is 0 Å². The Labute approximate surface area is 171 Å². The molecule has 0 aliphatic heterocycles. The van der Waals surface area contributed by atoms with E-state index in [-0.39, 0.29) is 41.9 Å². The highest BCUT2D eigenvalue weighted by molar-refractivity contribution is 14.0. The lowest BCUT2D eigenvalue weighted by Gasteiger charge is -2.25. The van der Waals surface area contributed by atoms with E-state index in [1.165, 1.54) is 12.1 Å². The van der Waals surface area contributed by atoms with Gasteiger partial charge >= 0.3 is 6.09 Å². The Balaban J connectivity index is 0.00000338. The summed E-state index contributed by atoms with van der Waals surface area (Å²) in [6, 6.07) is 6.53. The minimum absolute atomic E-state index is 0. The maximum atomic E-state index is 13.3. The number of ether oxygens (including phenoxy) is 1. The summed E-state index contributed by atoms with van der Waals surface area (Å²) in [5, 5.41) is 6.19. The summed E-state index contributed by atoms with van der Waals surface area (Å²) >= 11 is 0. The molecule has 1 aromatic carbocycles. The number of carbonyl (C=O) groups is 1. The Morgan fingerprint density at radius 3 is 2.77 bits per heavy atom. The molecule has 2 rings (SSSR count). The molecule has 1 amide bonds. The maximum absolute atomic E-state index is 13.3. The molecule has 26 heavy (non-hydrogen) atoms. The summed E-state index contributed by atoms with van der Waals surface area (Å²) < 4.78 is 18.3. The summed E-state index contributed by atoms with van der Waals surface area (Å²) in [5.74, 6) is 0.922. The second-order valence-electron chi connectivity index (χ2n) is 6.22. The summed E-state index contributed by atoms with van der Waals surface area (Å²) in [5.41, 5.74) is 0.869. The molecule has 0 spiro atoms. The number of nitrogens with zero attached hydrogens (tertiary/aromatic N) is 2. The van der Waals surface area contributed by atoms with Gasteiger partial charge in [0.25, 0.3) is 0 Å². The van der Waals surface area contributed by atoms with Crippen molar-refractivity contribution >= 4 is 36.0 Å². The van der Waals surface area contributed by atoms with Gasteiger partial charge in [0.2, 0.25) is 0 Å². The smallest absolute Gasteiger partial charge is 0.407 e. The van der Waals surface area contributed by atoms with Crippen LogP contribution in [0.25, 0.3) is 0 Å². The number of guanidine groups is 1. The van der Waals surface area contributed by atoms with Crippen molar-refractivity contribution in [2.45, 2.75) is 32.4 Å². The summed E-state index contributed by atoms with van der Waals surface area (Å²) in [4.78, 5) is 17.9. The first kappa shape index (κ1) is 22.5. The van der Waals surface area contributed by atoms with Gasteiger partial charge in [-0.25, -0.2) is 9.18 Å². The van der Waals surface area contributed by atoms with E-state index >= 15 is 0 Å². The Bertz CT molecular complexity index is 611. The second-order valence-corrected chi connectivity index (χ2v) is 6.22. The van der Waals surface area contributed by atoms with Crippen LogP contribution in [0.1, 0.15) is 25.3 Å². The zero-order valence-corrected chi connectivity index (χ0v) is 17.8. The zero-order valence-electron chi connectivity index (χ0n) is 15.5. The quantitative estimate of drug-likeness (QED) is 0.360. The lowest BCUT2D eigenvalue weighted by Crippen LogP contribution is -2.48. The van der Waals surface area contributed by atoms with Gasteiger partial charge in [0, 0.05) is 27.2 Å². The van der Waals surface area contributed by atoms with Crippen LogP contribution in [0, 0.1) is 11.7 Å². The van der Waals surface area contributed by atoms with Gasteiger partial charge in [0.05, 0.1) is 12.6 Å². The maximum Gasteiger partial charge on any atom is 0.407 e. The first-order valence-electron chi connectivity index (χ1n) is 8.63. The monoisotopic (exact) mass is 478 g/mol. The Kier molecular flexibility index (Phi) is 9.68. The van der Waals surface area contributed by atoms with Crippen LogP contribution >= 0.6 is 24.0 Å². The van der Waals surface area contributed by atoms with Crippen LogP contribution in [0.5, 0.6) is 0 Å². The first-order valence-corrected chi connectivity index (χ1v) is 8.63. The number of amides is 1. The number of benzene rings is 1. The fraction of sp³-hybridized carbons (Fsp3) is 0.556. The minimum Gasteiger partial charge on any atom is -0.450 e. The number of alkyl carbamates (subject to hydrolysis) is 1. The van der Waals surface area contributed by atoms with E-state index in [4.69, 9.17) is 4.74 Å². The number of rotatable bonds is 7. The van der Waals surface area contributed by atoms with E-state index in [1.54, 1.807) is 20.0 Å². The van der Waals surface area contributed by atoms with Gasteiger partial charge in [-0.15, -0.1) is 24.0 Å².